The molecule has 2 aromatic carbocycles. The highest BCUT2D eigenvalue weighted by molar-refractivity contribution is 7.90. The van der Waals surface area contributed by atoms with Gasteiger partial charge in [-0.15, -0.1) is 0 Å². The molecule has 8 heteroatoms. The highest BCUT2D eigenvalue weighted by Gasteiger charge is 2.10. The molecule has 0 unspecified atom stereocenters. The Morgan fingerprint density at radius 1 is 1.04 bits per heavy atom. The first-order valence-corrected chi connectivity index (χ1v) is 10.2. The third kappa shape index (κ3) is 3.65. The van der Waals surface area contributed by atoms with Crippen LogP contribution in [-0.2, 0) is 16.4 Å². The maximum atomic E-state index is 11.6. The third-order valence-corrected chi connectivity index (χ3v) is 5.27. The van der Waals surface area contributed by atoms with Crippen LogP contribution in [0.3, 0.4) is 0 Å². The molecule has 0 atom stereocenters. The fraction of sp³-hybridized carbons (Fsp3) is 0.105. The first-order valence-electron chi connectivity index (χ1n) is 8.30. The molecule has 0 spiro atoms. The van der Waals surface area contributed by atoms with Crippen molar-refractivity contribution in [2.24, 2.45) is 0 Å². The summed E-state index contributed by atoms with van der Waals surface area (Å²) in [7, 11) is -3.20. The summed E-state index contributed by atoms with van der Waals surface area (Å²) in [5, 5.41) is 7.54. The van der Waals surface area contributed by atoms with E-state index in [0.717, 1.165) is 22.6 Å². The molecule has 136 valence electrons. The summed E-state index contributed by atoms with van der Waals surface area (Å²) in [5.41, 5.74) is 2.74. The molecular formula is C19H17N5O2S. The quantitative estimate of drug-likeness (QED) is 0.574. The van der Waals surface area contributed by atoms with Gasteiger partial charge in [0, 0.05) is 24.4 Å². The largest absolute Gasteiger partial charge is 0.366 e. The highest BCUT2D eigenvalue weighted by atomic mass is 32.2. The molecular weight excluding hydrogens is 362 g/mol. The van der Waals surface area contributed by atoms with Gasteiger partial charge < -0.3 is 5.32 Å². The van der Waals surface area contributed by atoms with Crippen LogP contribution in [0.25, 0.3) is 17.0 Å². The fourth-order valence-electron chi connectivity index (χ4n) is 2.74. The number of rotatable bonds is 5. The number of nitrogens with one attached hydrogen (secondary N) is 1. The van der Waals surface area contributed by atoms with Gasteiger partial charge in [0.05, 0.1) is 10.6 Å². The van der Waals surface area contributed by atoms with Crippen LogP contribution in [0, 0.1) is 0 Å². The number of sulfone groups is 1. The number of hydrogen-bond acceptors (Lipinski definition) is 6. The topological polar surface area (TPSA) is 89.2 Å². The Labute approximate surface area is 156 Å². The third-order valence-electron chi connectivity index (χ3n) is 4.15. The number of aromatic nitrogens is 4. The van der Waals surface area contributed by atoms with E-state index in [4.69, 9.17) is 0 Å². The van der Waals surface area contributed by atoms with Crippen LogP contribution in [0.5, 0.6) is 0 Å². The van der Waals surface area contributed by atoms with E-state index in [1.807, 2.05) is 36.4 Å². The summed E-state index contributed by atoms with van der Waals surface area (Å²) in [4.78, 5) is 9.04. The van der Waals surface area contributed by atoms with Crippen molar-refractivity contribution in [3.05, 3.63) is 72.6 Å². The predicted molar refractivity (Wildman–Crippen MR) is 103 cm³/mol. The summed E-state index contributed by atoms with van der Waals surface area (Å²) in [6.07, 6.45) is 2.66. The maximum absolute atomic E-state index is 11.6. The van der Waals surface area contributed by atoms with E-state index in [0.29, 0.717) is 17.2 Å². The molecule has 0 aliphatic carbocycles. The SMILES string of the molecule is CS(=O)(=O)c1ccc(CNc2cc(-c3ccccc3)nc3ncnn23)cc1. The smallest absolute Gasteiger partial charge is 0.254 e. The van der Waals surface area contributed by atoms with Crippen LogP contribution in [0.2, 0.25) is 0 Å². The van der Waals surface area contributed by atoms with Crippen molar-refractivity contribution in [1.29, 1.82) is 0 Å². The average molecular weight is 379 g/mol. The molecule has 27 heavy (non-hydrogen) atoms. The van der Waals surface area contributed by atoms with E-state index in [1.54, 1.807) is 28.8 Å². The van der Waals surface area contributed by atoms with Crippen molar-refractivity contribution in [2.45, 2.75) is 11.4 Å². The van der Waals surface area contributed by atoms with Gasteiger partial charge in [-0.1, -0.05) is 42.5 Å². The first-order chi connectivity index (χ1) is 13.0. The predicted octanol–water partition coefficient (Wildman–Crippen LogP) is 2.81. The van der Waals surface area contributed by atoms with E-state index >= 15 is 0 Å². The molecule has 0 fully saturated rings. The molecule has 0 bridgehead atoms. The van der Waals surface area contributed by atoms with Gasteiger partial charge in [0.1, 0.15) is 12.1 Å². The highest BCUT2D eigenvalue weighted by Crippen LogP contribution is 2.21. The normalized spacial score (nSPS) is 11.6. The molecule has 1 N–H and O–H groups in total. The molecule has 0 saturated heterocycles. The van der Waals surface area contributed by atoms with Gasteiger partial charge in [-0.05, 0) is 17.7 Å². The number of fused-ring (bicyclic) bond motifs is 1. The molecule has 7 nitrogen and oxygen atoms in total. The Balaban J connectivity index is 1.63. The van der Waals surface area contributed by atoms with Gasteiger partial charge in [-0.25, -0.2) is 13.4 Å². The van der Waals surface area contributed by atoms with Gasteiger partial charge >= 0.3 is 0 Å². The zero-order chi connectivity index (χ0) is 18.9. The van der Waals surface area contributed by atoms with Crippen LogP contribution in [0.4, 0.5) is 5.82 Å². The summed E-state index contributed by atoms with van der Waals surface area (Å²) >= 11 is 0. The van der Waals surface area contributed by atoms with Crippen molar-refractivity contribution in [1.82, 2.24) is 19.6 Å². The van der Waals surface area contributed by atoms with E-state index in [1.165, 1.54) is 12.6 Å². The van der Waals surface area contributed by atoms with Gasteiger partial charge in [-0.3, -0.25) is 0 Å². The van der Waals surface area contributed by atoms with E-state index in [-0.39, 0.29) is 0 Å². The summed E-state index contributed by atoms with van der Waals surface area (Å²) in [6.45, 7) is 0.511. The minimum absolute atomic E-state index is 0.306. The Morgan fingerprint density at radius 2 is 1.78 bits per heavy atom. The lowest BCUT2D eigenvalue weighted by molar-refractivity contribution is 0.602. The Hall–Kier alpha value is -3.26. The second kappa shape index (κ2) is 6.81. The van der Waals surface area contributed by atoms with Gasteiger partial charge in [0.2, 0.25) is 0 Å². The Morgan fingerprint density at radius 3 is 2.48 bits per heavy atom. The number of anilines is 1. The van der Waals surface area contributed by atoms with Crippen LogP contribution in [0.1, 0.15) is 5.56 Å². The van der Waals surface area contributed by atoms with E-state index in [9.17, 15) is 8.42 Å². The standard InChI is InChI=1S/C19H17N5O2S/c1-27(25,26)16-9-7-14(8-10-16)12-20-18-11-17(15-5-3-2-4-6-15)23-19-21-13-22-24(18)19/h2-11,13,20H,12H2,1H3. The van der Waals surface area contributed by atoms with E-state index in [2.05, 4.69) is 20.4 Å². The van der Waals surface area contributed by atoms with Crippen molar-refractivity contribution in [3.63, 3.8) is 0 Å². The molecule has 0 aliphatic rings. The number of hydrogen-bond donors (Lipinski definition) is 1. The minimum Gasteiger partial charge on any atom is -0.366 e. The second-order valence-electron chi connectivity index (χ2n) is 6.13. The molecule has 0 saturated carbocycles. The summed E-state index contributed by atoms with van der Waals surface area (Å²) in [6, 6.07) is 18.6. The average Bonchev–Trinajstić information content (AvgIpc) is 3.15. The lowest BCUT2D eigenvalue weighted by Gasteiger charge is -2.10. The monoisotopic (exact) mass is 379 g/mol. The second-order valence-corrected chi connectivity index (χ2v) is 8.15. The molecule has 4 aromatic rings. The zero-order valence-corrected chi connectivity index (χ0v) is 15.4. The van der Waals surface area contributed by atoms with Crippen molar-refractivity contribution >= 4 is 21.4 Å². The number of nitrogens with zero attached hydrogens (tertiary/aromatic N) is 4. The van der Waals surface area contributed by atoms with Gasteiger partial charge in [0.15, 0.2) is 9.84 Å². The maximum Gasteiger partial charge on any atom is 0.254 e. The molecule has 0 radical (unpaired) electrons. The fourth-order valence-corrected chi connectivity index (χ4v) is 3.37. The van der Waals surface area contributed by atoms with Gasteiger partial charge in [0.25, 0.3) is 5.78 Å². The summed E-state index contributed by atoms with van der Waals surface area (Å²) in [5.74, 6) is 1.26. The van der Waals surface area contributed by atoms with E-state index < -0.39 is 9.84 Å². The Kier molecular flexibility index (Phi) is 4.33. The molecule has 0 amide bonds. The molecule has 2 aromatic heterocycles. The van der Waals surface area contributed by atoms with Crippen LogP contribution in [0.15, 0.2) is 71.9 Å². The van der Waals surface area contributed by atoms with Gasteiger partial charge in [-0.2, -0.15) is 14.6 Å². The first kappa shape index (κ1) is 17.2. The lowest BCUT2D eigenvalue weighted by Crippen LogP contribution is -2.07. The number of benzene rings is 2. The zero-order valence-electron chi connectivity index (χ0n) is 14.6. The van der Waals surface area contributed by atoms with Crippen molar-refractivity contribution in [3.8, 4) is 11.3 Å². The molecule has 0 aliphatic heterocycles. The molecule has 4 rings (SSSR count). The lowest BCUT2D eigenvalue weighted by atomic mass is 10.1. The van der Waals surface area contributed by atoms with Crippen LogP contribution < -0.4 is 5.32 Å². The van der Waals surface area contributed by atoms with Crippen molar-refractivity contribution in [2.75, 3.05) is 11.6 Å². The minimum atomic E-state index is -3.20. The Bertz CT molecular complexity index is 1190. The van der Waals surface area contributed by atoms with Crippen molar-refractivity contribution < 1.29 is 8.42 Å². The summed E-state index contributed by atoms with van der Waals surface area (Å²) < 4.78 is 24.8. The van der Waals surface area contributed by atoms with Crippen LogP contribution in [-0.4, -0.2) is 34.3 Å². The van der Waals surface area contributed by atoms with Crippen LogP contribution >= 0.6 is 0 Å². The molecule has 2 heterocycles.